The Kier molecular flexibility index (Phi) is 4.78. The summed E-state index contributed by atoms with van der Waals surface area (Å²) in [6.45, 7) is 8.76. The fourth-order valence-electron chi connectivity index (χ4n) is 2.30. The third kappa shape index (κ3) is 3.32. The zero-order chi connectivity index (χ0) is 15.7. The van der Waals surface area contributed by atoms with Gasteiger partial charge in [0, 0.05) is 14.2 Å². The van der Waals surface area contributed by atoms with Crippen LogP contribution >= 0.6 is 0 Å². The highest BCUT2D eigenvalue weighted by atomic mass is 16.7. The predicted molar refractivity (Wildman–Crippen MR) is 83.8 cm³/mol. The van der Waals surface area contributed by atoms with Gasteiger partial charge < -0.3 is 18.8 Å². The van der Waals surface area contributed by atoms with E-state index in [-0.39, 0.29) is 24.4 Å². The van der Waals surface area contributed by atoms with E-state index in [9.17, 15) is 0 Å². The van der Waals surface area contributed by atoms with E-state index in [1.54, 1.807) is 14.2 Å². The van der Waals surface area contributed by atoms with Crippen molar-refractivity contribution in [2.45, 2.75) is 45.0 Å². The maximum absolute atomic E-state index is 6.05. The molecule has 0 aromatic heterocycles. The molecular weight excluding hydrogens is 267 g/mol. The third-order valence-corrected chi connectivity index (χ3v) is 4.44. The van der Waals surface area contributed by atoms with Gasteiger partial charge in [0.15, 0.2) is 0 Å². The summed E-state index contributed by atoms with van der Waals surface area (Å²) in [6, 6.07) is 8.12. The van der Waals surface area contributed by atoms with Crippen LogP contribution in [0.3, 0.4) is 0 Å². The molecule has 0 unspecified atom stereocenters. The van der Waals surface area contributed by atoms with Crippen LogP contribution in [0.25, 0.3) is 0 Å². The van der Waals surface area contributed by atoms with Crippen molar-refractivity contribution in [1.82, 2.24) is 0 Å². The van der Waals surface area contributed by atoms with Gasteiger partial charge in [-0.15, -0.1) is 0 Å². The number of rotatable bonds is 5. The Balaban J connectivity index is 2.13. The van der Waals surface area contributed by atoms with Crippen molar-refractivity contribution in [3.63, 3.8) is 0 Å². The van der Waals surface area contributed by atoms with Crippen molar-refractivity contribution in [2.24, 2.45) is 0 Å². The Bertz CT molecular complexity index is 454. The molecule has 1 saturated heterocycles. The second-order valence-corrected chi connectivity index (χ2v) is 6.43. The van der Waals surface area contributed by atoms with Crippen LogP contribution < -0.4 is 5.46 Å². The van der Waals surface area contributed by atoms with Gasteiger partial charge >= 0.3 is 7.12 Å². The van der Waals surface area contributed by atoms with Gasteiger partial charge in [0.1, 0.15) is 6.10 Å². The van der Waals surface area contributed by atoms with Gasteiger partial charge in [0.25, 0.3) is 0 Å². The molecule has 4 nitrogen and oxygen atoms in total. The fourth-order valence-corrected chi connectivity index (χ4v) is 2.30. The highest BCUT2D eigenvalue weighted by Crippen LogP contribution is 2.36. The van der Waals surface area contributed by atoms with Crippen LogP contribution in [-0.2, 0) is 18.8 Å². The number of methoxy groups -OCH3 is 2. The van der Waals surface area contributed by atoms with Crippen LogP contribution in [0.4, 0.5) is 0 Å². The molecule has 21 heavy (non-hydrogen) atoms. The van der Waals surface area contributed by atoms with Gasteiger partial charge in [0.2, 0.25) is 0 Å². The molecule has 1 atom stereocenters. The van der Waals surface area contributed by atoms with Gasteiger partial charge in [0.05, 0.1) is 17.8 Å². The van der Waals surface area contributed by atoms with Gasteiger partial charge in [-0.1, -0.05) is 24.3 Å². The first-order valence-corrected chi connectivity index (χ1v) is 7.28. The normalized spacial score (nSPS) is 21.5. The summed E-state index contributed by atoms with van der Waals surface area (Å²) in [5.41, 5.74) is 1.47. The number of hydrogen-bond donors (Lipinski definition) is 0. The van der Waals surface area contributed by atoms with Crippen LogP contribution in [0.1, 0.15) is 39.4 Å². The van der Waals surface area contributed by atoms with E-state index in [2.05, 4.69) is 27.7 Å². The van der Waals surface area contributed by atoms with E-state index < -0.39 is 0 Å². The number of hydrogen-bond acceptors (Lipinski definition) is 4. The standard InChI is InChI=1S/C16H25BO4/c1-15(2)16(3,4)21-17(20-15)13-9-7-12(8-10-13)14(19-6)11-18-5/h7-10,14H,11H2,1-6H3/t14-/m0/s1. The maximum atomic E-state index is 6.05. The molecule has 0 saturated carbocycles. The van der Waals surface area contributed by atoms with E-state index >= 15 is 0 Å². The van der Waals surface area contributed by atoms with E-state index in [1.165, 1.54) is 0 Å². The molecule has 0 spiro atoms. The summed E-state index contributed by atoms with van der Waals surface area (Å²) in [4.78, 5) is 0. The lowest BCUT2D eigenvalue weighted by Gasteiger charge is -2.32. The zero-order valence-electron chi connectivity index (χ0n) is 13.8. The quantitative estimate of drug-likeness (QED) is 0.780. The van der Waals surface area contributed by atoms with Crippen LogP contribution in [-0.4, -0.2) is 39.1 Å². The van der Waals surface area contributed by atoms with Gasteiger partial charge in [-0.05, 0) is 38.7 Å². The molecule has 1 fully saturated rings. The van der Waals surface area contributed by atoms with E-state index in [4.69, 9.17) is 18.8 Å². The summed E-state index contributed by atoms with van der Waals surface area (Å²) >= 11 is 0. The van der Waals surface area contributed by atoms with Crippen molar-refractivity contribution in [1.29, 1.82) is 0 Å². The van der Waals surface area contributed by atoms with Crippen molar-refractivity contribution >= 4 is 12.6 Å². The third-order valence-electron chi connectivity index (χ3n) is 4.44. The molecule has 0 radical (unpaired) electrons. The molecule has 1 aromatic rings. The van der Waals surface area contributed by atoms with Gasteiger partial charge in [-0.3, -0.25) is 0 Å². The fraction of sp³-hybridized carbons (Fsp3) is 0.625. The summed E-state index contributed by atoms with van der Waals surface area (Å²) in [5, 5.41) is 0. The second kappa shape index (κ2) is 6.09. The molecule has 5 heteroatoms. The van der Waals surface area contributed by atoms with Crippen molar-refractivity contribution in [2.75, 3.05) is 20.8 Å². The number of benzene rings is 1. The molecule has 0 amide bonds. The molecule has 1 heterocycles. The van der Waals surface area contributed by atoms with Crippen LogP contribution in [0.5, 0.6) is 0 Å². The molecular formula is C16H25BO4. The maximum Gasteiger partial charge on any atom is 0.494 e. The monoisotopic (exact) mass is 292 g/mol. The Labute approximate surface area is 127 Å². The van der Waals surface area contributed by atoms with E-state index in [0.29, 0.717) is 6.61 Å². The summed E-state index contributed by atoms with van der Waals surface area (Å²) < 4.78 is 22.7. The Hall–Kier alpha value is -0.875. The Morgan fingerprint density at radius 3 is 1.95 bits per heavy atom. The molecule has 2 rings (SSSR count). The predicted octanol–water partition coefficient (Wildman–Crippen LogP) is 2.32. The molecule has 1 aliphatic rings. The van der Waals surface area contributed by atoms with Crippen LogP contribution in [0.2, 0.25) is 0 Å². The zero-order valence-corrected chi connectivity index (χ0v) is 13.8. The van der Waals surface area contributed by atoms with Crippen molar-refractivity contribution in [3.8, 4) is 0 Å². The van der Waals surface area contributed by atoms with Crippen molar-refractivity contribution < 1.29 is 18.8 Å². The average Bonchev–Trinajstić information content (AvgIpc) is 2.65. The largest absolute Gasteiger partial charge is 0.494 e. The first kappa shape index (κ1) is 16.5. The van der Waals surface area contributed by atoms with Gasteiger partial charge in [-0.25, -0.2) is 0 Å². The molecule has 116 valence electrons. The molecule has 0 aliphatic carbocycles. The molecule has 1 aliphatic heterocycles. The highest BCUT2D eigenvalue weighted by Gasteiger charge is 2.51. The molecule has 0 N–H and O–H groups in total. The Morgan fingerprint density at radius 2 is 1.52 bits per heavy atom. The first-order chi connectivity index (χ1) is 9.80. The minimum atomic E-state index is -0.326. The molecule has 1 aromatic carbocycles. The summed E-state index contributed by atoms with van der Waals surface area (Å²) in [5.74, 6) is 0. The Morgan fingerprint density at radius 1 is 1.00 bits per heavy atom. The van der Waals surface area contributed by atoms with Crippen LogP contribution in [0.15, 0.2) is 24.3 Å². The number of ether oxygens (including phenoxy) is 2. The van der Waals surface area contributed by atoms with E-state index in [1.807, 2.05) is 24.3 Å². The van der Waals surface area contributed by atoms with Gasteiger partial charge in [-0.2, -0.15) is 0 Å². The minimum Gasteiger partial charge on any atom is -0.399 e. The smallest absolute Gasteiger partial charge is 0.399 e. The second-order valence-electron chi connectivity index (χ2n) is 6.43. The topological polar surface area (TPSA) is 36.9 Å². The minimum absolute atomic E-state index is 0.0534. The lowest BCUT2D eigenvalue weighted by Crippen LogP contribution is -2.41. The lowest BCUT2D eigenvalue weighted by molar-refractivity contribution is 0.00578. The first-order valence-electron chi connectivity index (χ1n) is 7.28. The SMILES string of the molecule is COC[C@H](OC)c1ccc(B2OC(C)(C)C(C)(C)O2)cc1. The highest BCUT2D eigenvalue weighted by molar-refractivity contribution is 6.62. The lowest BCUT2D eigenvalue weighted by atomic mass is 9.78. The summed E-state index contributed by atoms with van der Waals surface area (Å²) in [7, 11) is 3.03. The molecule has 0 bridgehead atoms. The summed E-state index contributed by atoms with van der Waals surface area (Å²) in [6.07, 6.45) is -0.0534. The van der Waals surface area contributed by atoms with Crippen molar-refractivity contribution in [3.05, 3.63) is 29.8 Å². The van der Waals surface area contributed by atoms with E-state index in [0.717, 1.165) is 11.0 Å². The average molecular weight is 292 g/mol. The van der Waals surface area contributed by atoms with Crippen LogP contribution in [0, 0.1) is 0 Å².